The second kappa shape index (κ2) is 6.00. The average Bonchev–Trinajstić information content (AvgIpc) is 2.42. The van der Waals surface area contributed by atoms with E-state index in [1.54, 1.807) is 12.1 Å². The molecule has 0 amide bonds. The summed E-state index contributed by atoms with van der Waals surface area (Å²) in [5.41, 5.74) is 0.223. The number of nitrogens with zero attached hydrogens (tertiary/aromatic N) is 2. The van der Waals surface area contributed by atoms with Crippen LogP contribution >= 0.6 is 23.2 Å². The predicted molar refractivity (Wildman–Crippen MR) is 85.3 cm³/mol. The summed E-state index contributed by atoms with van der Waals surface area (Å²) in [4.78, 5) is 5.61. The van der Waals surface area contributed by atoms with E-state index in [-0.39, 0.29) is 26.7 Å². The number of anilines is 2. The summed E-state index contributed by atoms with van der Waals surface area (Å²) < 4.78 is 24.9. The average molecular weight is 362 g/mol. The van der Waals surface area contributed by atoms with E-state index in [4.69, 9.17) is 23.2 Å². The maximum Gasteiger partial charge on any atom is 0.224 e. The smallest absolute Gasteiger partial charge is 0.224 e. The highest BCUT2D eigenvalue weighted by Gasteiger charge is 2.35. The predicted octanol–water partition coefficient (Wildman–Crippen LogP) is 3.03. The summed E-state index contributed by atoms with van der Waals surface area (Å²) in [7, 11) is -3.98. The van der Waals surface area contributed by atoms with E-state index in [0.29, 0.717) is 0 Å². The lowest BCUT2D eigenvalue weighted by Gasteiger charge is -2.20. The topological polar surface area (TPSA) is 92.2 Å². The van der Waals surface area contributed by atoms with Crippen molar-refractivity contribution in [2.24, 2.45) is 0 Å². The second-order valence-electron chi connectivity index (χ2n) is 4.91. The molecule has 0 bridgehead atoms. The zero-order chi connectivity index (χ0) is 16.5. The number of halogens is 2. The number of rotatable bonds is 4. The number of benzene rings is 1. The van der Waals surface area contributed by atoms with E-state index >= 15 is 0 Å². The number of hydrogen-bond acceptors (Lipinski definition) is 6. The van der Waals surface area contributed by atoms with Gasteiger partial charge >= 0.3 is 0 Å². The Hall–Kier alpha value is -1.41. The molecule has 0 unspecified atom stereocenters. The fraction of sp³-hybridized carbons (Fsp3) is 0.231. The molecule has 0 aliphatic rings. The third-order valence-electron chi connectivity index (χ3n) is 2.80. The quantitative estimate of drug-likeness (QED) is 0.813. The molecule has 1 heterocycles. The number of aromatic nitrogens is 2. The van der Waals surface area contributed by atoms with Crippen LogP contribution in [-0.2, 0) is 9.84 Å². The zero-order valence-electron chi connectivity index (χ0n) is 11.7. The van der Waals surface area contributed by atoms with Crippen molar-refractivity contribution < 1.29 is 13.5 Å². The highest BCUT2D eigenvalue weighted by atomic mass is 35.5. The third-order valence-corrected chi connectivity index (χ3v) is 5.51. The first-order valence-electron chi connectivity index (χ1n) is 6.14. The van der Waals surface area contributed by atoms with Crippen molar-refractivity contribution in [2.45, 2.75) is 23.7 Å². The van der Waals surface area contributed by atoms with E-state index in [9.17, 15) is 13.5 Å². The Kier molecular flexibility index (Phi) is 4.62. The maximum atomic E-state index is 12.4. The first kappa shape index (κ1) is 17.0. The van der Waals surface area contributed by atoms with Crippen LogP contribution in [-0.4, -0.2) is 28.4 Å². The standard InChI is InChI=1S/C13H13Cl2N3O3S/c1-13(2,19)22(20,21)10-6-4-3-5-9(10)17-11-8(14)7-16-12(15)18-11/h3-7,19H,1-2H3,(H,16,17,18). The minimum Gasteiger partial charge on any atom is -0.374 e. The molecule has 0 saturated carbocycles. The molecule has 6 nitrogen and oxygen atoms in total. The number of sulfone groups is 1. The molecule has 2 aromatic rings. The first-order chi connectivity index (χ1) is 10.1. The van der Waals surface area contributed by atoms with Crippen molar-refractivity contribution in [3.8, 4) is 0 Å². The molecule has 0 fully saturated rings. The van der Waals surface area contributed by atoms with Gasteiger partial charge in [-0.2, -0.15) is 4.98 Å². The van der Waals surface area contributed by atoms with Crippen molar-refractivity contribution in [3.63, 3.8) is 0 Å². The van der Waals surface area contributed by atoms with E-state index in [2.05, 4.69) is 15.3 Å². The second-order valence-corrected chi connectivity index (χ2v) is 8.10. The fourth-order valence-corrected chi connectivity index (χ4v) is 3.11. The van der Waals surface area contributed by atoms with Crippen LogP contribution < -0.4 is 5.32 Å². The van der Waals surface area contributed by atoms with Crippen molar-refractivity contribution in [3.05, 3.63) is 40.8 Å². The number of aliphatic hydroxyl groups is 1. The summed E-state index contributed by atoms with van der Waals surface area (Å²) in [5.74, 6) is 0.167. The monoisotopic (exact) mass is 361 g/mol. The molecule has 0 spiro atoms. The number of para-hydroxylation sites is 1. The van der Waals surface area contributed by atoms with E-state index in [1.807, 2.05) is 0 Å². The highest BCUT2D eigenvalue weighted by Crippen LogP contribution is 2.32. The Morgan fingerprint density at radius 3 is 2.50 bits per heavy atom. The van der Waals surface area contributed by atoms with Gasteiger partial charge in [-0.05, 0) is 37.6 Å². The van der Waals surface area contributed by atoms with Gasteiger partial charge in [-0.15, -0.1) is 0 Å². The van der Waals surface area contributed by atoms with E-state index in [1.165, 1.54) is 32.2 Å². The lowest BCUT2D eigenvalue weighted by atomic mass is 10.3. The molecular formula is C13H13Cl2N3O3S. The summed E-state index contributed by atoms with van der Waals surface area (Å²) in [6.45, 7) is 2.40. The normalized spacial score (nSPS) is 12.2. The molecule has 2 N–H and O–H groups in total. The van der Waals surface area contributed by atoms with Crippen LogP contribution in [0.5, 0.6) is 0 Å². The van der Waals surface area contributed by atoms with Gasteiger partial charge in [0.15, 0.2) is 10.8 Å². The van der Waals surface area contributed by atoms with Crippen molar-refractivity contribution >= 4 is 44.5 Å². The van der Waals surface area contributed by atoms with Gasteiger partial charge in [-0.3, -0.25) is 0 Å². The van der Waals surface area contributed by atoms with Gasteiger partial charge in [-0.25, -0.2) is 13.4 Å². The molecule has 0 radical (unpaired) electrons. The fourth-order valence-electron chi connectivity index (χ4n) is 1.63. The molecule has 9 heteroatoms. The summed E-state index contributed by atoms with van der Waals surface area (Å²) in [5, 5.41) is 12.8. The molecular weight excluding hydrogens is 349 g/mol. The van der Waals surface area contributed by atoms with Crippen molar-refractivity contribution in [1.29, 1.82) is 0 Å². The molecule has 118 valence electrons. The summed E-state index contributed by atoms with van der Waals surface area (Å²) in [6, 6.07) is 6.11. The molecule has 22 heavy (non-hydrogen) atoms. The highest BCUT2D eigenvalue weighted by molar-refractivity contribution is 7.92. The van der Waals surface area contributed by atoms with Crippen LogP contribution in [0.4, 0.5) is 11.5 Å². The summed E-state index contributed by atoms with van der Waals surface area (Å²) >= 11 is 11.7. The van der Waals surface area contributed by atoms with Gasteiger partial charge in [-0.1, -0.05) is 23.7 Å². The Morgan fingerprint density at radius 2 is 1.86 bits per heavy atom. The van der Waals surface area contributed by atoms with Crippen molar-refractivity contribution in [1.82, 2.24) is 9.97 Å². The Bertz CT molecular complexity index is 804. The van der Waals surface area contributed by atoms with Crippen LogP contribution in [0.2, 0.25) is 10.3 Å². The number of nitrogens with one attached hydrogen (secondary N) is 1. The molecule has 0 aliphatic carbocycles. The van der Waals surface area contributed by atoms with Gasteiger partial charge in [0.05, 0.1) is 16.8 Å². The van der Waals surface area contributed by atoms with Crippen LogP contribution in [0.1, 0.15) is 13.8 Å². The van der Waals surface area contributed by atoms with Gasteiger partial charge in [0.1, 0.15) is 5.02 Å². The first-order valence-corrected chi connectivity index (χ1v) is 8.38. The minimum atomic E-state index is -3.98. The van der Waals surface area contributed by atoms with E-state index < -0.39 is 14.8 Å². The lowest BCUT2D eigenvalue weighted by molar-refractivity contribution is 0.165. The third kappa shape index (κ3) is 3.33. The molecule has 2 rings (SSSR count). The largest absolute Gasteiger partial charge is 0.374 e. The Labute approximate surface area is 138 Å². The van der Waals surface area contributed by atoms with Gasteiger partial charge in [0.2, 0.25) is 15.1 Å². The van der Waals surface area contributed by atoms with Crippen molar-refractivity contribution in [2.75, 3.05) is 5.32 Å². The van der Waals surface area contributed by atoms with Gasteiger partial charge in [0.25, 0.3) is 0 Å². The lowest BCUT2D eigenvalue weighted by Crippen LogP contribution is -2.31. The van der Waals surface area contributed by atoms with Gasteiger partial charge in [0, 0.05) is 0 Å². The molecule has 1 aromatic carbocycles. The van der Waals surface area contributed by atoms with Crippen LogP contribution in [0.3, 0.4) is 0 Å². The molecule has 0 atom stereocenters. The van der Waals surface area contributed by atoms with Gasteiger partial charge < -0.3 is 10.4 Å². The molecule has 0 saturated heterocycles. The minimum absolute atomic E-state index is 0.0327. The van der Waals surface area contributed by atoms with Crippen LogP contribution in [0.25, 0.3) is 0 Å². The van der Waals surface area contributed by atoms with Crippen LogP contribution in [0, 0.1) is 0 Å². The maximum absolute atomic E-state index is 12.4. The Balaban J connectivity index is 2.53. The summed E-state index contributed by atoms with van der Waals surface area (Å²) in [6.07, 6.45) is 1.30. The molecule has 1 aromatic heterocycles. The number of hydrogen-bond donors (Lipinski definition) is 2. The van der Waals surface area contributed by atoms with E-state index in [0.717, 1.165) is 0 Å². The Morgan fingerprint density at radius 1 is 1.23 bits per heavy atom. The molecule has 0 aliphatic heterocycles. The zero-order valence-corrected chi connectivity index (χ0v) is 14.0. The SMILES string of the molecule is CC(C)(O)S(=O)(=O)c1ccccc1Nc1nc(Cl)ncc1Cl. The van der Waals surface area contributed by atoms with Crippen LogP contribution in [0.15, 0.2) is 35.4 Å².